The van der Waals surface area contributed by atoms with E-state index in [4.69, 9.17) is 9.47 Å². The first-order valence-electron chi connectivity index (χ1n) is 11.2. The molecule has 1 unspecified atom stereocenters. The molecule has 28 heavy (non-hydrogen) atoms. The van der Waals surface area contributed by atoms with Gasteiger partial charge in [0, 0.05) is 5.56 Å². The van der Waals surface area contributed by atoms with Crippen LogP contribution in [0.5, 0.6) is 5.75 Å². The monoisotopic (exact) mass is 381 g/mol. The van der Waals surface area contributed by atoms with Crippen LogP contribution in [0.1, 0.15) is 77.2 Å². The van der Waals surface area contributed by atoms with Crippen molar-refractivity contribution < 1.29 is 9.47 Å². The Balaban J connectivity index is 1.45. The molecule has 0 aliphatic carbocycles. The number of rotatable bonds is 12. The van der Waals surface area contributed by atoms with E-state index in [2.05, 4.69) is 55.2 Å². The van der Waals surface area contributed by atoms with Crippen LogP contribution in [0, 0.1) is 0 Å². The van der Waals surface area contributed by atoms with Crippen molar-refractivity contribution in [2.24, 2.45) is 4.99 Å². The summed E-state index contributed by atoms with van der Waals surface area (Å²) in [5.74, 6) is 1.74. The van der Waals surface area contributed by atoms with E-state index in [9.17, 15) is 0 Å². The molecule has 0 fully saturated rings. The molecule has 0 saturated heterocycles. The number of fused-ring (bicyclic) bond motifs is 1. The Hall–Kier alpha value is -2.03. The summed E-state index contributed by atoms with van der Waals surface area (Å²) in [5, 5.41) is 2.39. The van der Waals surface area contributed by atoms with Gasteiger partial charge in [-0.2, -0.15) is 0 Å². The van der Waals surface area contributed by atoms with Gasteiger partial charge in [0.05, 0.1) is 12.6 Å². The highest BCUT2D eigenvalue weighted by molar-refractivity contribution is 5.99. The summed E-state index contributed by atoms with van der Waals surface area (Å²) < 4.78 is 11.7. The van der Waals surface area contributed by atoms with Crippen molar-refractivity contribution in [1.29, 1.82) is 0 Å². The number of unbranched alkanes of at least 4 members (excludes halogenated alkanes) is 7. The van der Waals surface area contributed by atoms with Crippen molar-refractivity contribution in [2.45, 2.75) is 77.7 Å². The maximum absolute atomic E-state index is 5.97. The summed E-state index contributed by atoms with van der Waals surface area (Å²) in [6.45, 7) is 5.93. The van der Waals surface area contributed by atoms with E-state index in [-0.39, 0.29) is 0 Å². The number of ether oxygens (including phenoxy) is 2. The van der Waals surface area contributed by atoms with Crippen molar-refractivity contribution >= 4 is 16.7 Å². The molecule has 152 valence electrons. The second-order valence-electron chi connectivity index (χ2n) is 7.85. The summed E-state index contributed by atoms with van der Waals surface area (Å²) in [7, 11) is 0. The average Bonchev–Trinajstić information content (AvgIpc) is 3.21. The zero-order valence-corrected chi connectivity index (χ0v) is 17.6. The Kier molecular flexibility index (Phi) is 8.20. The Morgan fingerprint density at radius 1 is 0.893 bits per heavy atom. The van der Waals surface area contributed by atoms with Crippen LogP contribution >= 0.6 is 0 Å². The first-order chi connectivity index (χ1) is 13.8. The Bertz CT molecular complexity index is 768. The molecule has 3 rings (SSSR count). The quantitative estimate of drug-likeness (QED) is 0.374. The molecule has 1 aliphatic rings. The van der Waals surface area contributed by atoms with Crippen LogP contribution in [-0.4, -0.2) is 25.2 Å². The Labute approximate surface area is 170 Å². The molecule has 1 atom stereocenters. The Morgan fingerprint density at radius 3 is 2.36 bits per heavy atom. The van der Waals surface area contributed by atoms with Crippen LogP contribution in [0.4, 0.5) is 0 Å². The molecule has 0 radical (unpaired) electrons. The maximum Gasteiger partial charge on any atom is 0.216 e. The molecular formula is C25H35NO2. The lowest BCUT2D eigenvalue weighted by atomic mass is 10.1. The van der Waals surface area contributed by atoms with Gasteiger partial charge in [0.25, 0.3) is 0 Å². The number of benzene rings is 2. The molecule has 1 aliphatic heterocycles. The second-order valence-corrected chi connectivity index (χ2v) is 7.85. The number of hydrogen-bond donors (Lipinski definition) is 0. The first kappa shape index (κ1) is 20.7. The van der Waals surface area contributed by atoms with Crippen LogP contribution in [0.25, 0.3) is 10.8 Å². The molecule has 2 aromatic rings. The topological polar surface area (TPSA) is 30.8 Å². The van der Waals surface area contributed by atoms with Crippen molar-refractivity contribution in [3.05, 3.63) is 42.0 Å². The molecule has 0 bridgehead atoms. The van der Waals surface area contributed by atoms with Crippen LogP contribution in [0.15, 0.2) is 41.4 Å². The van der Waals surface area contributed by atoms with Gasteiger partial charge in [-0.25, -0.2) is 4.99 Å². The Morgan fingerprint density at radius 2 is 1.61 bits per heavy atom. The minimum absolute atomic E-state index is 0.304. The largest absolute Gasteiger partial charge is 0.494 e. The molecule has 0 aromatic heterocycles. The van der Waals surface area contributed by atoms with E-state index < -0.39 is 0 Å². The van der Waals surface area contributed by atoms with Crippen LogP contribution in [0.2, 0.25) is 0 Å². The minimum atomic E-state index is 0.304. The van der Waals surface area contributed by atoms with Gasteiger partial charge in [-0.1, -0.05) is 70.9 Å². The highest BCUT2D eigenvalue weighted by atomic mass is 16.5. The molecule has 1 heterocycles. The molecule has 0 spiro atoms. The van der Waals surface area contributed by atoms with E-state index >= 15 is 0 Å². The van der Waals surface area contributed by atoms with E-state index in [1.165, 1.54) is 55.7 Å². The van der Waals surface area contributed by atoms with Gasteiger partial charge in [0.15, 0.2) is 0 Å². The summed E-state index contributed by atoms with van der Waals surface area (Å²) in [6, 6.07) is 13.0. The fourth-order valence-electron chi connectivity index (χ4n) is 3.66. The van der Waals surface area contributed by atoms with Crippen molar-refractivity contribution in [3.8, 4) is 5.75 Å². The number of aliphatic imine (C=N–C) groups is 1. The fourth-order valence-corrected chi connectivity index (χ4v) is 3.66. The predicted octanol–water partition coefficient (Wildman–Crippen LogP) is 6.91. The molecular weight excluding hydrogens is 346 g/mol. The minimum Gasteiger partial charge on any atom is -0.494 e. The second kappa shape index (κ2) is 11.1. The van der Waals surface area contributed by atoms with Crippen LogP contribution in [0.3, 0.4) is 0 Å². The lowest BCUT2D eigenvalue weighted by molar-refractivity contribution is 0.304. The highest BCUT2D eigenvalue weighted by Gasteiger charge is 2.18. The summed E-state index contributed by atoms with van der Waals surface area (Å²) in [4.78, 5) is 4.66. The van der Waals surface area contributed by atoms with Crippen molar-refractivity contribution in [1.82, 2.24) is 0 Å². The van der Waals surface area contributed by atoms with E-state index in [0.29, 0.717) is 12.6 Å². The summed E-state index contributed by atoms with van der Waals surface area (Å²) in [6.07, 6.45) is 11.6. The fraction of sp³-hybridized carbons (Fsp3) is 0.560. The van der Waals surface area contributed by atoms with Crippen LogP contribution in [-0.2, 0) is 4.74 Å². The zero-order chi connectivity index (χ0) is 19.6. The molecule has 2 aromatic carbocycles. The van der Waals surface area contributed by atoms with Crippen molar-refractivity contribution in [3.63, 3.8) is 0 Å². The third-order valence-corrected chi connectivity index (χ3v) is 5.51. The van der Waals surface area contributed by atoms with E-state index in [1.807, 2.05) is 0 Å². The normalized spacial score (nSPS) is 16.2. The maximum atomic E-state index is 5.97. The van der Waals surface area contributed by atoms with Gasteiger partial charge in [-0.3, -0.25) is 0 Å². The SMILES string of the molecule is CCCCCCCCCCOc1ccc2cc(C3=NC(CC)CO3)ccc2c1. The van der Waals surface area contributed by atoms with E-state index in [1.54, 1.807) is 0 Å². The van der Waals surface area contributed by atoms with E-state index in [0.717, 1.165) is 36.7 Å². The number of nitrogens with zero attached hydrogens (tertiary/aromatic N) is 1. The highest BCUT2D eigenvalue weighted by Crippen LogP contribution is 2.24. The lowest BCUT2D eigenvalue weighted by Crippen LogP contribution is -2.03. The van der Waals surface area contributed by atoms with Gasteiger partial charge in [-0.15, -0.1) is 0 Å². The van der Waals surface area contributed by atoms with Gasteiger partial charge >= 0.3 is 0 Å². The van der Waals surface area contributed by atoms with Gasteiger partial charge in [0.2, 0.25) is 5.90 Å². The van der Waals surface area contributed by atoms with Gasteiger partial charge in [0.1, 0.15) is 12.4 Å². The first-order valence-corrected chi connectivity index (χ1v) is 11.2. The number of hydrogen-bond acceptors (Lipinski definition) is 3. The molecule has 3 nitrogen and oxygen atoms in total. The summed E-state index contributed by atoms with van der Waals surface area (Å²) >= 11 is 0. The average molecular weight is 382 g/mol. The zero-order valence-electron chi connectivity index (χ0n) is 17.6. The predicted molar refractivity (Wildman–Crippen MR) is 119 cm³/mol. The third-order valence-electron chi connectivity index (χ3n) is 5.51. The lowest BCUT2D eigenvalue weighted by Gasteiger charge is -2.09. The molecule has 0 saturated carbocycles. The van der Waals surface area contributed by atoms with Crippen LogP contribution < -0.4 is 4.74 Å². The standard InChI is InChI=1S/C25H35NO2/c1-3-5-6-7-8-9-10-11-16-27-24-15-14-20-17-22(13-12-21(20)18-24)25-26-23(4-2)19-28-25/h12-15,17-18,23H,3-11,16,19H2,1-2H3. The van der Waals surface area contributed by atoms with Crippen molar-refractivity contribution in [2.75, 3.05) is 13.2 Å². The molecule has 3 heteroatoms. The van der Waals surface area contributed by atoms with Gasteiger partial charge < -0.3 is 9.47 Å². The molecule has 0 N–H and O–H groups in total. The van der Waals surface area contributed by atoms with Gasteiger partial charge in [-0.05, 0) is 47.9 Å². The molecule has 0 amide bonds. The smallest absolute Gasteiger partial charge is 0.216 e. The summed E-state index contributed by atoms with van der Waals surface area (Å²) in [5.41, 5.74) is 1.07. The third kappa shape index (κ3) is 5.98.